The first-order chi connectivity index (χ1) is 6.65. The van der Waals surface area contributed by atoms with E-state index < -0.39 is 17.5 Å². The normalized spacial score (nSPS) is 9.93. The van der Waals surface area contributed by atoms with Crippen molar-refractivity contribution in [2.24, 2.45) is 0 Å². The molecule has 0 bridgehead atoms. The Morgan fingerprint density at radius 1 is 1.50 bits per heavy atom. The largest absolute Gasteiger partial charge is 0.277 e. The average molecular weight is 201 g/mol. The Bertz CT molecular complexity index is 342. The van der Waals surface area contributed by atoms with Crippen LogP contribution in [0.3, 0.4) is 0 Å². The molecule has 0 aromatic heterocycles. The lowest BCUT2D eigenvalue weighted by atomic mass is 10.2. The van der Waals surface area contributed by atoms with Gasteiger partial charge in [-0.15, -0.1) is 0 Å². The van der Waals surface area contributed by atoms with Crippen LogP contribution in [0.1, 0.15) is 17.3 Å². The minimum Gasteiger partial charge on any atom is -0.274 e. The lowest BCUT2D eigenvalue weighted by Crippen LogP contribution is -2.24. The third-order valence-electron chi connectivity index (χ3n) is 1.48. The van der Waals surface area contributed by atoms with Crippen molar-refractivity contribution >= 4 is 5.91 Å². The van der Waals surface area contributed by atoms with Crippen LogP contribution in [0, 0.1) is 11.6 Å². The van der Waals surface area contributed by atoms with Crippen LogP contribution in [0.15, 0.2) is 18.2 Å². The standard InChI is InChI=1S/C9H9F2NO2/c1-2-14-12-9(13)7-5-6(10)3-4-8(7)11/h3-5H,2H2,1H3,(H,12,13). The van der Waals surface area contributed by atoms with Crippen LogP contribution in [0.5, 0.6) is 0 Å². The van der Waals surface area contributed by atoms with Crippen molar-refractivity contribution in [2.45, 2.75) is 6.92 Å². The topological polar surface area (TPSA) is 38.3 Å². The summed E-state index contributed by atoms with van der Waals surface area (Å²) in [4.78, 5) is 15.7. The second kappa shape index (κ2) is 4.66. The molecule has 0 aliphatic rings. The van der Waals surface area contributed by atoms with Crippen molar-refractivity contribution in [3.63, 3.8) is 0 Å². The second-order valence-corrected chi connectivity index (χ2v) is 2.49. The molecule has 0 atom stereocenters. The maximum absolute atomic E-state index is 13.0. The molecule has 0 spiro atoms. The maximum atomic E-state index is 13.0. The van der Waals surface area contributed by atoms with Crippen LogP contribution in [0.4, 0.5) is 8.78 Å². The fraction of sp³-hybridized carbons (Fsp3) is 0.222. The van der Waals surface area contributed by atoms with Gasteiger partial charge in [0.05, 0.1) is 12.2 Å². The van der Waals surface area contributed by atoms with Gasteiger partial charge in [-0.3, -0.25) is 9.63 Å². The number of hydroxylamine groups is 1. The number of amides is 1. The first kappa shape index (κ1) is 10.6. The van der Waals surface area contributed by atoms with Crippen LogP contribution >= 0.6 is 0 Å². The fourth-order valence-corrected chi connectivity index (χ4v) is 0.864. The van der Waals surface area contributed by atoms with Crippen LogP contribution in [0.25, 0.3) is 0 Å². The quantitative estimate of drug-likeness (QED) is 0.755. The Kier molecular flexibility index (Phi) is 3.53. The van der Waals surface area contributed by atoms with Crippen molar-refractivity contribution in [3.8, 4) is 0 Å². The van der Waals surface area contributed by atoms with E-state index in [1.165, 1.54) is 0 Å². The molecule has 14 heavy (non-hydrogen) atoms. The zero-order chi connectivity index (χ0) is 10.6. The molecule has 0 heterocycles. The number of rotatable bonds is 3. The summed E-state index contributed by atoms with van der Waals surface area (Å²) in [5.41, 5.74) is 1.59. The summed E-state index contributed by atoms with van der Waals surface area (Å²) in [6.45, 7) is 1.91. The molecule has 1 rings (SSSR count). The molecule has 0 radical (unpaired) electrons. The van der Waals surface area contributed by atoms with Gasteiger partial charge in [-0.2, -0.15) is 0 Å². The molecule has 1 aromatic carbocycles. The predicted octanol–water partition coefficient (Wildman–Crippen LogP) is 1.65. The highest BCUT2D eigenvalue weighted by Gasteiger charge is 2.12. The van der Waals surface area contributed by atoms with E-state index in [2.05, 4.69) is 4.84 Å². The number of nitrogens with one attached hydrogen (secondary N) is 1. The number of halogens is 2. The van der Waals surface area contributed by atoms with Gasteiger partial charge in [0, 0.05) is 0 Å². The van der Waals surface area contributed by atoms with Gasteiger partial charge in [0.15, 0.2) is 0 Å². The van der Waals surface area contributed by atoms with Crippen molar-refractivity contribution in [2.75, 3.05) is 6.61 Å². The number of carbonyl (C=O) groups is 1. The van der Waals surface area contributed by atoms with Gasteiger partial charge < -0.3 is 0 Å². The Hall–Kier alpha value is -1.49. The highest BCUT2D eigenvalue weighted by molar-refractivity contribution is 5.93. The molecule has 0 fully saturated rings. The van der Waals surface area contributed by atoms with Crippen LogP contribution in [-0.4, -0.2) is 12.5 Å². The van der Waals surface area contributed by atoms with E-state index >= 15 is 0 Å². The third-order valence-corrected chi connectivity index (χ3v) is 1.48. The van der Waals surface area contributed by atoms with Crippen molar-refractivity contribution in [1.82, 2.24) is 5.48 Å². The summed E-state index contributed by atoms with van der Waals surface area (Å²) in [5, 5.41) is 0. The van der Waals surface area contributed by atoms with E-state index in [9.17, 15) is 13.6 Å². The van der Waals surface area contributed by atoms with Crippen molar-refractivity contribution in [3.05, 3.63) is 35.4 Å². The van der Waals surface area contributed by atoms with E-state index in [4.69, 9.17) is 0 Å². The molecule has 0 unspecified atom stereocenters. The van der Waals surface area contributed by atoms with Crippen molar-refractivity contribution in [1.29, 1.82) is 0 Å². The second-order valence-electron chi connectivity index (χ2n) is 2.49. The SMILES string of the molecule is CCONC(=O)c1cc(F)ccc1F. The molecule has 3 nitrogen and oxygen atoms in total. The highest BCUT2D eigenvalue weighted by atomic mass is 19.1. The van der Waals surface area contributed by atoms with Crippen LogP contribution in [0.2, 0.25) is 0 Å². The minimum atomic E-state index is -0.802. The minimum absolute atomic E-state index is 0.253. The monoisotopic (exact) mass is 201 g/mol. The van der Waals surface area contributed by atoms with Crippen LogP contribution in [-0.2, 0) is 4.84 Å². The number of hydrogen-bond acceptors (Lipinski definition) is 2. The summed E-state index contributed by atoms with van der Waals surface area (Å²) in [7, 11) is 0. The molecular weight excluding hydrogens is 192 g/mol. The summed E-state index contributed by atoms with van der Waals surface area (Å²) in [6, 6.07) is 2.63. The first-order valence-electron chi connectivity index (χ1n) is 4.02. The molecule has 0 aliphatic carbocycles. The van der Waals surface area contributed by atoms with E-state index in [-0.39, 0.29) is 12.2 Å². The van der Waals surface area contributed by atoms with E-state index in [1.807, 2.05) is 5.48 Å². The number of benzene rings is 1. The first-order valence-corrected chi connectivity index (χ1v) is 4.02. The molecule has 0 aliphatic heterocycles. The Morgan fingerprint density at radius 3 is 2.86 bits per heavy atom. The molecule has 0 saturated heterocycles. The predicted molar refractivity (Wildman–Crippen MR) is 45.5 cm³/mol. The van der Waals surface area contributed by atoms with Crippen LogP contribution < -0.4 is 5.48 Å². The molecule has 1 amide bonds. The van der Waals surface area contributed by atoms with Gasteiger partial charge in [-0.25, -0.2) is 14.3 Å². The Balaban J connectivity index is 2.83. The van der Waals surface area contributed by atoms with E-state index in [0.717, 1.165) is 18.2 Å². The van der Waals surface area contributed by atoms with E-state index in [1.54, 1.807) is 6.92 Å². The summed E-state index contributed by atoms with van der Waals surface area (Å²) in [6.07, 6.45) is 0. The molecule has 0 saturated carbocycles. The maximum Gasteiger partial charge on any atom is 0.277 e. The average Bonchev–Trinajstić information content (AvgIpc) is 2.18. The summed E-state index contributed by atoms with van der Waals surface area (Å²) >= 11 is 0. The number of hydrogen-bond donors (Lipinski definition) is 1. The molecular formula is C9H9F2NO2. The zero-order valence-electron chi connectivity index (χ0n) is 7.51. The lowest BCUT2D eigenvalue weighted by Gasteiger charge is -2.04. The highest BCUT2D eigenvalue weighted by Crippen LogP contribution is 2.09. The molecule has 1 aromatic rings. The Morgan fingerprint density at radius 2 is 2.21 bits per heavy atom. The lowest BCUT2D eigenvalue weighted by molar-refractivity contribution is 0.0360. The van der Waals surface area contributed by atoms with E-state index in [0.29, 0.717) is 0 Å². The summed E-state index contributed by atoms with van der Waals surface area (Å²) in [5.74, 6) is -2.26. The molecule has 76 valence electrons. The van der Waals surface area contributed by atoms with Gasteiger partial charge in [-0.1, -0.05) is 0 Å². The summed E-state index contributed by atoms with van der Waals surface area (Å²) < 4.78 is 25.6. The molecule has 1 N–H and O–H groups in total. The van der Waals surface area contributed by atoms with Gasteiger partial charge in [0.1, 0.15) is 11.6 Å². The van der Waals surface area contributed by atoms with Gasteiger partial charge in [-0.05, 0) is 25.1 Å². The van der Waals surface area contributed by atoms with Crippen molar-refractivity contribution < 1.29 is 18.4 Å². The number of carbonyl (C=O) groups excluding carboxylic acids is 1. The Labute approximate surface area is 79.6 Å². The van der Waals surface area contributed by atoms with Gasteiger partial charge in [0.25, 0.3) is 5.91 Å². The van der Waals surface area contributed by atoms with Gasteiger partial charge >= 0.3 is 0 Å². The fourth-order valence-electron chi connectivity index (χ4n) is 0.864. The third kappa shape index (κ3) is 2.50. The smallest absolute Gasteiger partial charge is 0.274 e. The van der Waals surface area contributed by atoms with Gasteiger partial charge in [0.2, 0.25) is 0 Å². The molecule has 5 heteroatoms. The zero-order valence-corrected chi connectivity index (χ0v) is 7.51.